The Morgan fingerprint density at radius 3 is 2.00 bits per heavy atom. The van der Waals surface area contributed by atoms with Crippen LogP contribution in [0.1, 0.15) is 31.8 Å². The fourth-order valence-corrected chi connectivity index (χ4v) is 0.672. The third-order valence-corrected chi connectivity index (χ3v) is 1.34. The quantitative estimate of drug-likeness (QED) is 0.541. The Morgan fingerprint density at radius 1 is 1.18 bits per heavy atom. The van der Waals surface area contributed by atoms with E-state index >= 15 is 0 Å². The molecule has 0 nitrogen and oxygen atoms in total. The molecule has 0 saturated carbocycles. The normalized spacial score (nSPS) is 16.7. The predicted molar refractivity (Wildman–Crippen MR) is 45.1 cm³/mol. The molecule has 1 rings (SSSR count). The molecule has 0 saturated heterocycles. The van der Waals surface area contributed by atoms with Gasteiger partial charge in [-0.1, -0.05) is 32.9 Å². The van der Waals surface area contributed by atoms with E-state index in [2.05, 4.69) is 0 Å². The zero-order chi connectivity index (χ0) is 12.0. The Hall–Kier alpha value is -0.850. The molecule has 11 heavy (non-hydrogen) atoms. The lowest BCUT2D eigenvalue weighted by molar-refractivity contribution is 0.583. The van der Waals surface area contributed by atoms with E-state index in [1.807, 2.05) is 0 Å². The van der Waals surface area contributed by atoms with Crippen molar-refractivity contribution < 1.29 is 9.87 Å². The molecule has 0 spiro atoms. The summed E-state index contributed by atoms with van der Waals surface area (Å²) < 4.78 is 43.1. The van der Waals surface area contributed by atoms with Crippen molar-refractivity contribution in [1.29, 1.82) is 0 Å². The molecule has 60 valence electrons. The van der Waals surface area contributed by atoms with Crippen LogP contribution < -0.4 is 0 Å². The highest BCUT2D eigenvalue weighted by Gasteiger charge is 2.12. The van der Waals surface area contributed by atoms with Crippen LogP contribution in [0.25, 0.3) is 0 Å². The number of hydrogen-bond donors (Lipinski definition) is 0. The highest BCUT2D eigenvalue weighted by atomic mass is 19.1. The van der Waals surface area contributed by atoms with Gasteiger partial charge in [-0.2, -0.15) is 0 Å². The van der Waals surface area contributed by atoms with Crippen molar-refractivity contribution in [2.75, 3.05) is 0 Å². The van der Waals surface area contributed by atoms with Crippen molar-refractivity contribution in [3.63, 3.8) is 0 Å². The summed E-state index contributed by atoms with van der Waals surface area (Å²) >= 11 is 0. The van der Waals surface area contributed by atoms with Crippen LogP contribution in [0.15, 0.2) is 24.2 Å². The third-order valence-electron chi connectivity index (χ3n) is 1.34. The van der Waals surface area contributed by atoms with Gasteiger partial charge >= 0.3 is 0 Å². The summed E-state index contributed by atoms with van der Waals surface area (Å²) in [5, 5.41) is 0. The van der Waals surface area contributed by atoms with Crippen LogP contribution in [0.4, 0.5) is 4.39 Å². The molecule has 0 heterocycles. The van der Waals surface area contributed by atoms with E-state index in [1.54, 1.807) is 20.8 Å². The molecule has 0 aliphatic heterocycles. The van der Waals surface area contributed by atoms with Crippen LogP contribution in [0.5, 0.6) is 0 Å². The third kappa shape index (κ3) is 2.04. The lowest BCUT2D eigenvalue weighted by atomic mass is 9.87. The molecular formula is C10H13F. The van der Waals surface area contributed by atoms with Crippen LogP contribution in [0.2, 0.25) is 0 Å². The molecule has 1 heteroatoms. The monoisotopic (exact) mass is 156 g/mol. The summed E-state index contributed by atoms with van der Waals surface area (Å²) in [5.41, 5.74) is -0.285. The topological polar surface area (TPSA) is 0 Å². The van der Waals surface area contributed by atoms with Gasteiger partial charge in [0.25, 0.3) is 0 Å². The van der Waals surface area contributed by atoms with Crippen LogP contribution in [0, 0.1) is 5.82 Å². The SMILES string of the molecule is [2H]c1c([2H])c(C(C)(C)C)c([2H])c([2H])c1F. The molecular weight excluding hydrogens is 139 g/mol. The largest absolute Gasteiger partial charge is 0.207 e. The maximum atomic E-state index is 13.2. The van der Waals surface area contributed by atoms with Crippen molar-refractivity contribution in [2.24, 2.45) is 0 Å². The van der Waals surface area contributed by atoms with E-state index in [4.69, 9.17) is 5.48 Å². The van der Waals surface area contributed by atoms with Gasteiger partial charge in [0.05, 0.1) is 5.48 Å². The Labute approximate surface area is 72.7 Å². The molecule has 0 bridgehead atoms. The van der Waals surface area contributed by atoms with E-state index < -0.39 is 23.3 Å². The minimum Gasteiger partial charge on any atom is -0.207 e. The van der Waals surface area contributed by atoms with E-state index in [1.165, 1.54) is 0 Å². The first kappa shape index (κ1) is 4.24. The van der Waals surface area contributed by atoms with Gasteiger partial charge < -0.3 is 0 Å². The average molecular weight is 156 g/mol. The number of hydrogen-bond acceptors (Lipinski definition) is 0. The van der Waals surface area contributed by atoms with Gasteiger partial charge in [-0.05, 0) is 23.1 Å². The molecule has 0 aliphatic carbocycles. The number of rotatable bonds is 0. The summed E-state index contributed by atoms with van der Waals surface area (Å²) in [5.74, 6) is -1.09. The zero-order valence-electron chi connectivity index (χ0n) is 10.9. The minimum absolute atomic E-state index is 0.249. The van der Waals surface area contributed by atoms with Gasteiger partial charge in [0.15, 0.2) is 0 Å². The van der Waals surface area contributed by atoms with Crippen molar-refractivity contribution in [2.45, 2.75) is 26.2 Å². The Balaban J connectivity index is 3.68. The summed E-state index contributed by atoms with van der Waals surface area (Å²) in [6.45, 7) is 5.32. The first-order valence-corrected chi connectivity index (χ1v) is 3.44. The molecule has 0 fully saturated rings. The summed E-state index contributed by atoms with van der Waals surface area (Å²) in [6.07, 6.45) is 0. The van der Waals surface area contributed by atoms with Gasteiger partial charge in [-0.3, -0.25) is 0 Å². The van der Waals surface area contributed by atoms with E-state index in [0.29, 0.717) is 0 Å². The lowest BCUT2D eigenvalue weighted by Crippen LogP contribution is -2.10. The van der Waals surface area contributed by atoms with E-state index in [-0.39, 0.29) is 17.6 Å². The smallest absolute Gasteiger partial charge is 0.123 e. The van der Waals surface area contributed by atoms with Crippen molar-refractivity contribution in [1.82, 2.24) is 0 Å². The van der Waals surface area contributed by atoms with Crippen molar-refractivity contribution in [3.8, 4) is 0 Å². The summed E-state index contributed by atoms with van der Waals surface area (Å²) in [7, 11) is 0. The molecule has 1 aromatic rings. The van der Waals surface area contributed by atoms with Crippen LogP contribution in [-0.4, -0.2) is 0 Å². The van der Waals surface area contributed by atoms with Crippen LogP contribution >= 0.6 is 0 Å². The second kappa shape index (κ2) is 2.65. The molecule has 0 aromatic heterocycles. The van der Waals surface area contributed by atoms with Crippen LogP contribution in [-0.2, 0) is 5.41 Å². The Kier molecular flexibility index (Phi) is 1.02. The first-order chi connectivity index (χ1) is 6.68. The van der Waals surface area contributed by atoms with Gasteiger partial charge in [0, 0.05) is 0 Å². The molecule has 0 amide bonds. The standard InChI is InChI=1S/C10H13F/c1-10(2,3)8-4-6-9(11)7-5-8/h4-7H,1-3H3/i4D,5D,6D,7D. The van der Waals surface area contributed by atoms with Crippen molar-refractivity contribution >= 4 is 0 Å². The lowest BCUT2D eigenvalue weighted by Gasteiger charge is -2.18. The molecule has 1 aromatic carbocycles. The van der Waals surface area contributed by atoms with Gasteiger partial charge in [-0.25, -0.2) is 4.39 Å². The van der Waals surface area contributed by atoms with E-state index in [9.17, 15) is 4.39 Å². The maximum Gasteiger partial charge on any atom is 0.123 e. The highest BCUT2D eigenvalue weighted by molar-refractivity contribution is 5.22. The Bertz CT molecular complexity index is 378. The second-order valence-corrected chi connectivity index (χ2v) is 3.44. The Morgan fingerprint density at radius 2 is 1.64 bits per heavy atom. The fraction of sp³-hybridized carbons (Fsp3) is 0.400. The molecule has 0 N–H and O–H groups in total. The first-order valence-electron chi connectivity index (χ1n) is 5.44. The minimum atomic E-state index is -1.09. The fourth-order valence-electron chi connectivity index (χ4n) is 0.672. The average Bonchev–Trinajstić information content (AvgIpc) is 2.09. The second-order valence-electron chi connectivity index (χ2n) is 3.44. The van der Waals surface area contributed by atoms with Gasteiger partial charge in [-0.15, -0.1) is 0 Å². The summed E-state index contributed by atoms with van der Waals surface area (Å²) in [6, 6.07) is -1.77. The van der Waals surface area contributed by atoms with Crippen LogP contribution in [0.3, 0.4) is 0 Å². The van der Waals surface area contributed by atoms with E-state index in [0.717, 1.165) is 0 Å². The summed E-state index contributed by atoms with van der Waals surface area (Å²) in [4.78, 5) is 0. The molecule has 0 atom stereocenters. The van der Waals surface area contributed by atoms with Gasteiger partial charge in [0.2, 0.25) is 0 Å². The number of benzene rings is 1. The number of halogens is 1. The van der Waals surface area contributed by atoms with Crippen molar-refractivity contribution in [3.05, 3.63) is 35.6 Å². The molecule has 0 radical (unpaired) electrons. The highest BCUT2D eigenvalue weighted by Crippen LogP contribution is 2.21. The maximum absolute atomic E-state index is 13.2. The zero-order valence-corrected chi connectivity index (χ0v) is 6.88. The molecule has 0 aliphatic rings. The predicted octanol–water partition coefficient (Wildman–Crippen LogP) is 3.12. The molecule has 0 unspecified atom stereocenters. The van der Waals surface area contributed by atoms with Gasteiger partial charge in [0.1, 0.15) is 5.82 Å².